The molecule has 0 fully saturated rings. The first-order valence-electron chi connectivity index (χ1n) is 8.54. The van der Waals surface area contributed by atoms with Gasteiger partial charge in [-0.2, -0.15) is 0 Å². The zero-order valence-corrected chi connectivity index (χ0v) is 15.5. The van der Waals surface area contributed by atoms with Gasteiger partial charge in [0.2, 0.25) is 10.0 Å². The first-order valence-corrected chi connectivity index (χ1v) is 10.1. The quantitative estimate of drug-likeness (QED) is 0.816. The number of fused-ring (bicyclic) bond motifs is 1. The predicted octanol–water partition coefficient (Wildman–Crippen LogP) is 2.81. The molecule has 1 aliphatic rings. The lowest BCUT2D eigenvalue weighted by atomic mass is 9.79. The van der Waals surface area contributed by atoms with Gasteiger partial charge >= 0.3 is 0 Å². The van der Waals surface area contributed by atoms with E-state index in [-0.39, 0.29) is 6.54 Å². The molecule has 2 aromatic rings. The minimum Gasteiger partial charge on any atom is -0.497 e. The topological polar surface area (TPSA) is 75.6 Å². The molecule has 0 aromatic heterocycles. The van der Waals surface area contributed by atoms with E-state index >= 15 is 0 Å². The van der Waals surface area contributed by atoms with Crippen LogP contribution in [-0.2, 0) is 22.0 Å². The Kier molecular flexibility index (Phi) is 5.46. The molecule has 3 rings (SSSR count). The molecule has 1 aliphatic carbocycles. The molecule has 0 saturated heterocycles. The number of nitrogens with one attached hydrogen (secondary N) is 1. The van der Waals surface area contributed by atoms with Crippen LogP contribution in [0.1, 0.15) is 29.5 Å². The Morgan fingerprint density at radius 3 is 2.73 bits per heavy atom. The first kappa shape index (κ1) is 18.6. The number of aliphatic hydroxyl groups is 1. The van der Waals surface area contributed by atoms with Crippen molar-refractivity contribution >= 4 is 16.1 Å². The predicted molar refractivity (Wildman–Crippen MR) is 102 cm³/mol. The molecule has 2 N–H and O–H groups in total. The van der Waals surface area contributed by atoms with Crippen LogP contribution >= 0.6 is 0 Å². The third-order valence-electron chi connectivity index (χ3n) is 4.66. The fourth-order valence-electron chi connectivity index (χ4n) is 3.25. The Morgan fingerprint density at radius 1 is 1.23 bits per heavy atom. The van der Waals surface area contributed by atoms with Crippen molar-refractivity contribution < 1.29 is 18.3 Å². The Balaban J connectivity index is 1.74. The largest absolute Gasteiger partial charge is 0.497 e. The first-order chi connectivity index (χ1) is 12.4. The van der Waals surface area contributed by atoms with Crippen LogP contribution in [0.4, 0.5) is 0 Å². The highest BCUT2D eigenvalue weighted by Gasteiger charge is 2.35. The molecule has 26 heavy (non-hydrogen) atoms. The summed E-state index contributed by atoms with van der Waals surface area (Å²) in [6, 6.07) is 14.7. The number of sulfonamides is 1. The molecule has 0 radical (unpaired) electrons. The summed E-state index contributed by atoms with van der Waals surface area (Å²) in [7, 11) is -2.05. The minimum atomic E-state index is -3.65. The van der Waals surface area contributed by atoms with Crippen molar-refractivity contribution in [1.82, 2.24) is 4.72 Å². The molecule has 1 unspecified atom stereocenters. The molecule has 6 heteroatoms. The van der Waals surface area contributed by atoms with Crippen LogP contribution < -0.4 is 9.46 Å². The summed E-state index contributed by atoms with van der Waals surface area (Å²) in [4.78, 5) is 0. The molecule has 1 atom stereocenters. The number of hydrogen-bond acceptors (Lipinski definition) is 4. The molecule has 0 amide bonds. The Labute approximate surface area is 154 Å². The molecule has 5 nitrogen and oxygen atoms in total. The highest BCUT2D eigenvalue weighted by molar-refractivity contribution is 7.92. The summed E-state index contributed by atoms with van der Waals surface area (Å²) >= 11 is 0. The van der Waals surface area contributed by atoms with Crippen LogP contribution in [0.5, 0.6) is 5.75 Å². The Bertz CT molecular complexity index is 893. The normalized spacial score (nSPS) is 20.1. The second-order valence-electron chi connectivity index (χ2n) is 6.49. The zero-order chi connectivity index (χ0) is 18.6. The fraction of sp³-hybridized carbons (Fsp3) is 0.300. The lowest BCUT2D eigenvalue weighted by Crippen LogP contribution is -2.42. The summed E-state index contributed by atoms with van der Waals surface area (Å²) < 4.78 is 32.3. The molecular weight excluding hydrogens is 350 g/mol. The zero-order valence-electron chi connectivity index (χ0n) is 14.7. The van der Waals surface area contributed by atoms with Gasteiger partial charge in [0, 0.05) is 12.0 Å². The van der Waals surface area contributed by atoms with E-state index in [2.05, 4.69) is 4.72 Å². The number of methoxy groups -OCH3 is 1. The molecule has 138 valence electrons. The van der Waals surface area contributed by atoms with E-state index in [1.807, 2.05) is 42.5 Å². The average Bonchev–Trinajstić information content (AvgIpc) is 2.66. The van der Waals surface area contributed by atoms with Crippen LogP contribution in [-0.4, -0.2) is 27.2 Å². The highest BCUT2D eigenvalue weighted by atomic mass is 32.2. The van der Waals surface area contributed by atoms with Gasteiger partial charge in [-0.15, -0.1) is 0 Å². The van der Waals surface area contributed by atoms with E-state index in [1.54, 1.807) is 13.2 Å². The number of rotatable bonds is 6. The maximum absolute atomic E-state index is 12.3. The van der Waals surface area contributed by atoms with E-state index < -0.39 is 15.6 Å². The lowest BCUT2D eigenvalue weighted by molar-refractivity contribution is 0.0243. The van der Waals surface area contributed by atoms with E-state index in [1.165, 1.54) is 6.08 Å². The molecule has 0 bridgehead atoms. The van der Waals surface area contributed by atoms with Crippen molar-refractivity contribution in [2.75, 3.05) is 13.7 Å². The summed E-state index contributed by atoms with van der Waals surface area (Å²) in [5, 5.41) is 12.2. The average molecular weight is 373 g/mol. The molecular formula is C20H23NO4S. The maximum atomic E-state index is 12.3. The number of benzene rings is 2. The van der Waals surface area contributed by atoms with Crippen LogP contribution in [0.15, 0.2) is 53.9 Å². The van der Waals surface area contributed by atoms with E-state index in [4.69, 9.17) is 4.74 Å². The summed E-state index contributed by atoms with van der Waals surface area (Å²) in [5.41, 5.74) is 1.34. The Morgan fingerprint density at radius 2 is 2.00 bits per heavy atom. The van der Waals surface area contributed by atoms with Crippen molar-refractivity contribution in [3.05, 3.63) is 70.6 Å². The SMILES string of the molecule is COc1ccc2c(c1)CCCC2(O)CNS(=O)(=O)/C=C/c1ccccc1. The van der Waals surface area contributed by atoms with Gasteiger partial charge in [0.15, 0.2) is 0 Å². The molecule has 0 saturated carbocycles. The van der Waals surface area contributed by atoms with Crippen molar-refractivity contribution in [2.24, 2.45) is 0 Å². The van der Waals surface area contributed by atoms with Gasteiger partial charge in [-0.3, -0.25) is 0 Å². The van der Waals surface area contributed by atoms with Gasteiger partial charge in [0.25, 0.3) is 0 Å². The van der Waals surface area contributed by atoms with E-state index in [0.717, 1.165) is 40.7 Å². The van der Waals surface area contributed by atoms with E-state index in [9.17, 15) is 13.5 Å². The fourth-order valence-corrected chi connectivity index (χ4v) is 4.12. The second-order valence-corrected chi connectivity index (χ2v) is 8.14. The summed E-state index contributed by atoms with van der Waals surface area (Å²) in [6.45, 7) is -0.0617. The third kappa shape index (κ3) is 4.33. The van der Waals surface area contributed by atoms with Gasteiger partial charge in [-0.1, -0.05) is 36.4 Å². The van der Waals surface area contributed by atoms with Crippen molar-refractivity contribution in [1.29, 1.82) is 0 Å². The van der Waals surface area contributed by atoms with Gasteiger partial charge in [0.05, 0.1) is 7.11 Å². The summed E-state index contributed by atoms with van der Waals surface area (Å²) in [6.07, 6.45) is 3.68. The Hall–Kier alpha value is -2.15. The molecule has 2 aromatic carbocycles. The van der Waals surface area contributed by atoms with Gasteiger partial charge < -0.3 is 9.84 Å². The van der Waals surface area contributed by atoms with Gasteiger partial charge in [-0.05, 0) is 54.2 Å². The van der Waals surface area contributed by atoms with Crippen LogP contribution in [0.3, 0.4) is 0 Å². The smallest absolute Gasteiger partial charge is 0.233 e. The van der Waals surface area contributed by atoms with Crippen molar-refractivity contribution in [3.63, 3.8) is 0 Å². The monoisotopic (exact) mass is 373 g/mol. The third-order valence-corrected chi connectivity index (χ3v) is 5.70. The number of aryl methyl sites for hydroxylation is 1. The van der Waals surface area contributed by atoms with Crippen LogP contribution in [0.25, 0.3) is 6.08 Å². The minimum absolute atomic E-state index is 0.0617. The van der Waals surface area contributed by atoms with Crippen molar-refractivity contribution in [2.45, 2.75) is 24.9 Å². The molecule has 0 spiro atoms. The number of ether oxygens (including phenoxy) is 1. The standard InChI is InChI=1S/C20H23NO4S/c1-25-18-9-10-19-17(14-18)8-5-12-20(19,22)15-21-26(23,24)13-11-16-6-3-2-4-7-16/h2-4,6-7,9-11,13-14,21-22H,5,8,12,15H2,1H3/b13-11+. The van der Waals surface area contributed by atoms with E-state index in [0.29, 0.717) is 6.42 Å². The molecule has 0 aliphatic heterocycles. The maximum Gasteiger partial charge on any atom is 0.233 e. The lowest BCUT2D eigenvalue weighted by Gasteiger charge is -2.34. The van der Waals surface area contributed by atoms with Crippen LogP contribution in [0, 0.1) is 0 Å². The van der Waals surface area contributed by atoms with Gasteiger partial charge in [0.1, 0.15) is 11.4 Å². The number of hydrogen-bond donors (Lipinski definition) is 2. The summed E-state index contributed by atoms with van der Waals surface area (Å²) in [5.74, 6) is 0.736. The van der Waals surface area contributed by atoms with Crippen molar-refractivity contribution in [3.8, 4) is 5.75 Å². The highest BCUT2D eigenvalue weighted by Crippen LogP contribution is 2.36. The second kappa shape index (κ2) is 7.61. The van der Waals surface area contributed by atoms with Crippen LogP contribution in [0.2, 0.25) is 0 Å². The molecule has 0 heterocycles. The van der Waals surface area contributed by atoms with Gasteiger partial charge in [-0.25, -0.2) is 13.1 Å².